The highest BCUT2D eigenvalue weighted by Gasteiger charge is 2.28. The van der Waals surface area contributed by atoms with Crippen LogP contribution in [-0.2, 0) is 27.6 Å². The fourth-order valence-corrected chi connectivity index (χ4v) is 5.74. The summed E-state index contributed by atoms with van der Waals surface area (Å²) in [7, 11) is -3.50. The molecule has 1 unspecified atom stereocenters. The lowest BCUT2D eigenvalue weighted by Crippen LogP contribution is -2.41. The maximum atomic E-state index is 15.2. The molecule has 0 saturated heterocycles. The number of carbonyl (C=O) groups is 1. The van der Waals surface area contributed by atoms with Crippen molar-refractivity contribution >= 4 is 32.4 Å². The number of rotatable bonds is 6. The summed E-state index contributed by atoms with van der Waals surface area (Å²) in [6, 6.07) is 15.9. The molecule has 9 heteroatoms. The van der Waals surface area contributed by atoms with Gasteiger partial charge in [0.2, 0.25) is 0 Å². The van der Waals surface area contributed by atoms with Gasteiger partial charge in [0.05, 0.1) is 10.4 Å². The molecule has 5 rings (SSSR count). The number of hydrogen-bond donors (Lipinski definition) is 4. The van der Waals surface area contributed by atoms with Crippen molar-refractivity contribution in [3.05, 3.63) is 83.3 Å². The molecule has 0 saturated carbocycles. The van der Waals surface area contributed by atoms with Crippen LogP contribution in [0.1, 0.15) is 16.8 Å². The van der Waals surface area contributed by atoms with Crippen molar-refractivity contribution in [1.29, 1.82) is 0 Å². The standard InChI is InChI=1S/C26H24FN3O4S/c1-15-11-20(27)24(25-23(15)19-12-21(26(31)32)28-13-22(19)30-25)16-7-9-17(10-8-16)29-14-35(33,34)18-5-3-2-4-6-18/h2-11,21,28-30H,12-14H2,1H3,(H,31,32). The monoisotopic (exact) mass is 493 g/mol. The molecular weight excluding hydrogens is 469 g/mol. The van der Waals surface area contributed by atoms with Gasteiger partial charge in [-0.25, -0.2) is 12.8 Å². The second-order valence-corrected chi connectivity index (χ2v) is 10.7. The molecule has 0 fully saturated rings. The van der Waals surface area contributed by atoms with E-state index in [1.807, 2.05) is 6.92 Å². The lowest BCUT2D eigenvalue weighted by atomic mass is 9.93. The lowest BCUT2D eigenvalue weighted by Gasteiger charge is -2.20. The number of hydrogen-bond acceptors (Lipinski definition) is 5. The summed E-state index contributed by atoms with van der Waals surface area (Å²) >= 11 is 0. The van der Waals surface area contributed by atoms with Gasteiger partial charge in [0.25, 0.3) is 0 Å². The van der Waals surface area contributed by atoms with Crippen LogP contribution in [0.25, 0.3) is 22.0 Å². The smallest absolute Gasteiger partial charge is 0.321 e. The Kier molecular flexibility index (Phi) is 5.82. The zero-order valence-corrected chi connectivity index (χ0v) is 19.7. The summed E-state index contributed by atoms with van der Waals surface area (Å²) in [6.45, 7) is 2.18. The molecule has 7 nitrogen and oxygen atoms in total. The zero-order chi connectivity index (χ0) is 24.7. The Morgan fingerprint density at radius 2 is 1.86 bits per heavy atom. The van der Waals surface area contributed by atoms with Crippen LogP contribution in [0, 0.1) is 12.7 Å². The molecule has 0 bridgehead atoms. The van der Waals surface area contributed by atoms with Crippen LogP contribution in [0.4, 0.5) is 10.1 Å². The fourth-order valence-electron chi connectivity index (χ4n) is 4.65. The van der Waals surface area contributed by atoms with Gasteiger partial charge in [0.1, 0.15) is 17.7 Å². The van der Waals surface area contributed by atoms with Gasteiger partial charge in [-0.05, 0) is 53.9 Å². The number of anilines is 1. The zero-order valence-electron chi connectivity index (χ0n) is 18.9. The first-order chi connectivity index (χ1) is 16.7. The van der Waals surface area contributed by atoms with Crippen molar-refractivity contribution < 1.29 is 22.7 Å². The van der Waals surface area contributed by atoms with Gasteiger partial charge in [-0.3, -0.25) is 10.1 Å². The van der Waals surface area contributed by atoms with Crippen LogP contribution >= 0.6 is 0 Å². The van der Waals surface area contributed by atoms with Gasteiger partial charge in [-0.2, -0.15) is 0 Å². The van der Waals surface area contributed by atoms with Crippen LogP contribution in [0.2, 0.25) is 0 Å². The molecule has 1 aliphatic rings. The third-order valence-electron chi connectivity index (χ3n) is 6.39. The molecule has 2 heterocycles. The number of aromatic nitrogens is 1. The number of H-pyrrole nitrogens is 1. The van der Waals surface area contributed by atoms with Gasteiger partial charge in [-0.15, -0.1) is 0 Å². The number of aryl methyl sites for hydroxylation is 1. The largest absolute Gasteiger partial charge is 0.480 e. The van der Waals surface area contributed by atoms with Crippen molar-refractivity contribution in [2.75, 3.05) is 11.2 Å². The van der Waals surface area contributed by atoms with Gasteiger partial charge >= 0.3 is 5.97 Å². The maximum Gasteiger partial charge on any atom is 0.321 e. The first-order valence-electron chi connectivity index (χ1n) is 11.2. The van der Waals surface area contributed by atoms with E-state index in [9.17, 15) is 18.3 Å². The lowest BCUT2D eigenvalue weighted by molar-refractivity contribution is -0.139. The molecule has 4 N–H and O–H groups in total. The Labute approximate surface area is 201 Å². The highest BCUT2D eigenvalue weighted by molar-refractivity contribution is 7.91. The van der Waals surface area contributed by atoms with Gasteiger partial charge in [0, 0.05) is 35.3 Å². The van der Waals surface area contributed by atoms with E-state index in [0.717, 1.165) is 22.2 Å². The van der Waals surface area contributed by atoms with Crippen LogP contribution < -0.4 is 10.6 Å². The number of nitrogens with one attached hydrogen (secondary N) is 3. The van der Waals surface area contributed by atoms with E-state index in [1.165, 1.54) is 6.07 Å². The Morgan fingerprint density at radius 1 is 1.14 bits per heavy atom. The summed E-state index contributed by atoms with van der Waals surface area (Å²) in [5, 5.41) is 16.2. The summed E-state index contributed by atoms with van der Waals surface area (Å²) in [5.41, 5.74) is 4.75. The first-order valence-corrected chi connectivity index (χ1v) is 12.8. The summed E-state index contributed by atoms with van der Waals surface area (Å²) in [4.78, 5) is 15.1. The normalized spacial score (nSPS) is 15.7. The minimum absolute atomic E-state index is 0.239. The third-order valence-corrected chi connectivity index (χ3v) is 7.91. The SMILES string of the molecule is Cc1cc(F)c(-c2ccc(NCS(=O)(=O)c3ccccc3)cc2)c2[nH]c3c(c12)CC(C(=O)O)NC3. The van der Waals surface area contributed by atoms with Crippen LogP contribution in [0.5, 0.6) is 0 Å². The molecule has 4 aromatic rings. The van der Waals surface area contributed by atoms with Gasteiger partial charge < -0.3 is 15.4 Å². The van der Waals surface area contributed by atoms with E-state index in [2.05, 4.69) is 15.6 Å². The number of halogens is 1. The van der Waals surface area contributed by atoms with E-state index in [4.69, 9.17) is 0 Å². The van der Waals surface area contributed by atoms with E-state index >= 15 is 4.39 Å². The highest BCUT2D eigenvalue weighted by atomic mass is 32.2. The van der Waals surface area contributed by atoms with E-state index in [-0.39, 0.29) is 16.6 Å². The van der Waals surface area contributed by atoms with Gasteiger partial charge in [0.15, 0.2) is 9.84 Å². The number of aliphatic carboxylic acids is 1. The molecule has 180 valence electrons. The number of carboxylic acid groups (broad SMARTS) is 1. The summed E-state index contributed by atoms with van der Waals surface area (Å²) in [6.07, 6.45) is 0.315. The summed E-state index contributed by atoms with van der Waals surface area (Å²) < 4.78 is 40.2. The predicted molar refractivity (Wildman–Crippen MR) is 133 cm³/mol. The van der Waals surface area contributed by atoms with Crippen LogP contribution in [-0.4, -0.2) is 36.4 Å². The molecule has 0 spiro atoms. The highest BCUT2D eigenvalue weighted by Crippen LogP contribution is 2.38. The number of carboxylic acids is 1. The minimum atomic E-state index is -3.50. The molecule has 0 amide bonds. The molecule has 1 aliphatic heterocycles. The Balaban J connectivity index is 1.46. The fraction of sp³-hybridized carbons (Fsp3) is 0.192. The maximum absolute atomic E-state index is 15.2. The third kappa shape index (κ3) is 4.28. The molecule has 3 aromatic carbocycles. The predicted octanol–water partition coefficient (Wildman–Crippen LogP) is 4.22. The van der Waals surface area contributed by atoms with Gasteiger partial charge in [-0.1, -0.05) is 30.3 Å². The molecular formula is C26H24FN3O4S. The molecule has 1 atom stereocenters. The number of fused-ring (bicyclic) bond motifs is 3. The molecule has 0 aliphatic carbocycles. The average Bonchev–Trinajstić information content (AvgIpc) is 3.23. The Bertz CT molecular complexity index is 1530. The minimum Gasteiger partial charge on any atom is -0.480 e. The second kappa shape index (κ2) is 8.83. The first kappa shape index (κ1) is 23.1. The van der Waals surface area contributed by atoms with Crippen molar-refractivity contribution in [2.24, 2.45) is 0 Å². The molecule has 35 heavy (non-hydrogen) atoms. The molecule has 0 radical (unpaired) electrons. The number of sulfone groups is 1. The number of benzene rings is 3. The van der Waals surface area contributed by atoms with Crippen molar-refractivity contribution in [2.45, 2.75) is 30.8 Å². The Morgan fingerprint density at radius 3 is 2.54 bits per heavy atom. The van der Waals surface area contributed by atoms with Crippen molar-refractivity contribution in [1.82, 2.24) is 10.3 Å². The Hall–Kier alpha value is -3.69. The van der Waals surface area contributed by atoms with E-state index in [1.54, 1.807) is 54.6 Å². The van der Waals surface area contributed by atoms with Crippen molar-refractivity contribution in [3.8, 4) is 11.1 Å². The van der Waals surface area contributed by atoms with Crippen molar-refractivity contribution in [3.63, 3.8) is 0 Å². The summed E-state index contributed by atoms with van der Waals surface area (Å²) in [5.74, 6) is -1.56. The molecule has 1 aromatic heterocycles. The van der Waals surface area contributed by atoms with Crippen LogP contribution in [0.3, 0.4) is 0 Å². The van der Waals surface area contributed by atoms with Crippen LogP contribution in [0.15, 0.2) is 65.6 Å². The van der Waals surface area contributed by atoms with E-state index in [0.29, 0.717) is 35.3 Å². The van der Waals surface area contributed by atoms with E-state index < -0.39 is 21.8 Å². The number of aromatic amines is 1. The average molecular weight is 494 g/mol. The topological polar surface area (TPSA) is 111 Å². The quantitative estimate of drug-likeness (QED) is 0.320. The second-order valence-electron chi connectivity index (χ2n) is 8.68.